The first kappa shape index (κ1) is 10.9. The second-order valence-electron chi connectivity index (χ2n) is 3.57. The Hall–Kier alpha value is -1.56. The predicted octanol–water partition coefficient (Wildman–Crippen LogP) is 1.17. The Labute approximate surface area is 96.6 Å². The Bertz CT molecular complexity index is 434. The minimum absolute atomic E-state index is 0.146. The van der Waals surface area contributed by atoms with Crippen LogP contribution in [0.4, 0.5) is 5.82 Å². The number of aliphatic carboxylic acids is 1. The number of carboxylic acid groups (broad SMARTS) is 1. The second-order valence-corrected chi connectivity index (χ2v) is 3.97. The van der Waals surface area contributed by atoms with E-state index in [0.717, 1.165) is 0 Å². The minimum Gasteiger partial charge on any atom is -0.480 e. The highest BCUT2D eigenvalue weighted by Crippen LogP contribution is 2.40. The third-order valence-electron chi connectivity index (χ3n) is 2.42. The summed E-state index contributed by atoms with van der Waals surface area (Å²) in [5.41, 5.74) is -0.928. The predicted molar refractivity (Wildman–Crippen MR) is 56.8 cm³/mol. The molecule has 0 amide bonds. The topological polar surface area (TPSA) is 84.3 Å². The molecule has 1 aliphatic carbocycles. The molecule has 0 atom stereocenters. The monoisotopic (exact) mass is 243 g/mol. The Morgan fingerprint density at radius 2 is 2.38 bits per heavy atom. The summed E-state index contributed by atoms with van der Waals surface area (Å²) in [4.78, 5) is 18.7. The van der Waals surface area contributed by atoms with Crippen molar-refractivity contribution >= 4 is 23.4 Å². The molecule has 1 aromatic heterocycles. The molecule has 1 fully saturated rings. The maximum atomic E-state index is 11.0. The SMILES string of the molecule is COc1ncc(Cl)c(NC2(C(=O)O)CC2)n1. The van der Waals surface area contributed by atoms with Crippen LogP contribution in [0.5, 0.6) is 6.01 Å². The first-order valence-corrected chi connectivity index (χ1v) is 5.03. The zero-order valence-corrected chi connectivity index (χ0v) is 9.28. The molecule has 1 saturated carbocycles. The number of carboxylic acids is 1. The van der Waals surface area contributed by atoms with Crippen molar-refractivity contribution in [3.05, 3.63) is 11.2 Å². The van der Waals surface area contributed by atoms with Crippen molar-refractivity contribution in [1.29, 1.82) is 0 Å². The van der Waals surface area contributed by atoms with Crippen LogP contribution in [0.2, 0.25) is 5.02 Å². The molecule has 2 rings (SSSR count). The lowest BCUT2D eigenvalue weighted by Crippen LogP contribution is -2.32. The summed E-state index contributed by atoms with van der Waals surface area (Å²) < 4.78 is 4.84. The maximum Gasteiger partial charge on any atom is 0.329 e. The van der Waals surface area contributed by atoms with Gasteiger partial charge in [-0.3, -0.25) is 0 Å². The number of halogens is 1. The van der Waals surface area contributed by atoms with Crippen molar-refractivity contribution in [2.45, 2.75) is 18.4 Å². The van der Waals surface area contributed by atoms with Crippen LogP contribution in [0.15, 0.2) is 6.20 Å². The molecule has 16 heavy (non-hydrogen) atoms. The number of rotatable bonds is 4. The van der Waals surface area contributed by atoms with Gasteiger partial charge < -0.3 is 15.2 Å². The smallest absolute Gasteiger partial charge is 0.329 e. The van der Waals surface area contributed by atoms with Gasteiger partial charge in [0.1, 0.15) is 10.6 Å². The second kappa shape index (κ2) is 3.79. The zero-order valence-electron chi connectivity index (χ0n) is 8.53. The van der Waals surface area contributed by atoms with E-state index in [4.69, 9.17) is 21.4 Å². The molecule has 0 unspecified atom stereocenters. The van der Waals surface area contributed by atoms with Crippen LogP contribution in [-0.4, -0.2) is 33.7 Å². The van der Waals surface area contributed by atoms with Gasteiger partial charge >= 0.3 is 12.0 Å². The van der Waals surface area contributed by atoms with Crippen molar-refractivity contribution in [2.24, 2.45) is 0 Å². The molecule has 6 nitrogen and oxygen atoms in total. The van der Waals surface area contributed by atoms with E-state index >= 15 is 0 Å². The third-order valence-corrected chi connectivity index (χ3v) is 2.70. The lowest BCUT2D eigenvalue weighted by molar-refractivity contribution is -0.138. The van der Waals surface area contributed by atoms with Gasteiger partial charge in [0.25, 0.3) is 0 Å². The average Bonchev–Trinajstić information content (AvgIpc) is 3.02. The number of carbonyl (C=O) groups is 1. The van der Waals surface area contributed by atoms with Crippen LogP contribution >= 0.6 is 11.6 Å². The molecule has 7 heteroatoms. The molecule has 2 N–H and O–H groups in total. The summed E-state index contributed by atoms with van der Waals surface area (Å²) in [6.07, 6.45) is 2.49. The van der Waals surface area contributed by atoms with E-state index < -0.39 is 11.5 Å². The van der Waals surface area contributed by atoms with Gasteiger partial charge in [-0.05, 0) is 12.8 Å². The molecule has 1 aliphatic rings. The molecular formula is C9H10ClN3O3. The van der Waals surface area contributed by atoms with Crippen LogP contribution < -0.4 is 10.1 Å². The van der Waals surface area contributed by atoms with Crippen LogP contribution in [0, 0.1) is 0 Å². The number of nitrogens with zero attached hydrogens (tertiary/aromatic N) is 2. The lowest BCUT2D eigenvalue weighted by atomic mass is 10.3. The molecule has 0 radical (unpaired) electrons. The van der Waals surface area contributed by atoms with Gasteiger partial charge in [0, 0.05) is 0 Å². The highest BCUT2D eigenvalue weighted by atomic mass is 35.5. The number of aromatic nitrogens is 2. The summed E-state index contributed by atoms with van der Waals surface area (Å²) in [7, 11) is 1.43. The third kappa shape index (κ3) is 1.88. The molecule has 1 heterocycles. The number of methoxy groups -OCH3 is 1. The fourth-order valence-corrected chi connectivity index (χ4v) is 1.42. The molecule has 0 aliphatic heterocycles. The van der Waals surface area contributed by atoms with E-state index in [0.29, 0.717) is 12.8 Å². The standard InChI is InChI=1S/C9H10ClN3O3/c1-16-8-11-4-5(10)6(12-8)13-9(2-3-9)7(14)15/h4H,2-3H2,1H3,(H,14,15)(H,11,12,13). The Morgan fingerprint density at radius 3 is 2.88 bits per heavy atom. The van der Waals surface area contributed by atoms with Gasteiger partial charge in [0.15, 0.2) is 5.82 Å². The lowest BCUT2D eigenvalue weighted by Gasteiger charge is -2.14. The number of ether oxygens (including phenoxy) is 1. The number of anilines is 1. The molecule has 1 aromatic rings. The van der Waals surface area contributed by atoms with Crippen molar-refractivity contribution in [3.8, 4) is 6.01 Å². The highest BCUT2D eigenvalue weighted by molar-refractivity contribution is 6.32. The summed E-state index contributed by atoms with van der Waals surface area (Å²) in [5.74, 6) is -0.616. The van der Waals surface area contributed by atoms with Crippen molar-refractivity contribution in [3.63, 3.8) is 0 Å². The normalized spacial score (nSPS) is 16.6. The molecule has 86 valence electrons. The highest BCUT2D eigenvalue weighted by Gasteiger charge is 2.51. The van der Waals surface area contributed by atoms with E-state index in [1.807, 2.05) is 0 Å². The van der Waals surface area contributed by atoms with Gasteiger partial charge in [-0.25, -0.2) is 9.78 Å². The number of hydrogen-bond acceptors (Lipinski definition) is 5. The van der Waals surface area contributed by atoms with E-state index in [2.05, 4.69) is 15.3 Å². The number of nitrogens with one attached hydrogen (secondary N) is 1. The Morgan fingerprint density at radius 1 is 1.69 bits per heavy atom. The summed E-state index contributed by atoms with van der Waals surface area (Å²) in [5, 5.41) is 12.1. The molecule has 0 bridgehead atoms. The Kier molecular flexibility index (Phi) is 2.59. The van der Waals surface area contributed by atoms with E-state index in [1.54, 1.807) is 0 Å². The minimum atomic E-state index is -0.928. The fourth-order valence-electron chi connectivity index (χ4n) is 1.28. The van der Waals surface area contributed by atoms with E-state index in [9.17, 15) is 4.79 Å². The van der Waals surface area contributed by atoms with Crippen LogP contribution in [0.3, 0.4) is 0 Å². The first-order valence-electron chi connectivity index (χ1n) is 4.65. The van der Waals surface area contributed by atoms with Gasteiger partial charge in [0.2, 0.25) is 0 Å². The van der Waals surface area contributed by atoms with Gasteiger partial charge in [-0.2, -0.15) is 4.98 Å². The molecule has 0 spiro atoms. The Balaban J connectivity index is 2.24. The van der Waals surface area contributed by atoms with E-state index in [1.165, 1.54) is 13.3 Å². The summed E-state index contributed by atoms with van der Waals surface area (Å²) >= 11 is 5.86. The average molecular weight is 244 g/mol. The fraction of sp³-hybridized carbons (Fsp3) is 0.444. The largest absolute Gasteiger partial charge is 0.480 e. The first-order chi connectivity index (χ1) is 7.57. The van der Waals surface area contributed by atoms with Crippen LogP contribution in [0.1, 0.15) is 12.8 Å². The van der Waals surface area contributed by atoms with E-state index in [-0.39, 0.29) is 16.9 Å². The quantitative estimate of drug-likeness (QED) is 0.826. The molecule has 0 aromatic carbocycles. The van der Waals surface area contributed by atoms with Gasteiger partial charge in [-0.1, -0.05) is 11.6 Å². The van der Waals surface area contributed by atoms with Crippen molar-refractivity contribution in [2.75, 3.05) is 12.4 Å². The van der Waals surface area contributed by atoms with Crippen LogP contribution in [-0.2, 0) is 4.79 Å². The van der Waals surface area contributed by atoms with Gasteiger partial charge in [0.05, 0.1) is 13.3 Å². The molecule has 0 saturated heterocycles. The van der Waals surface area contributed by atoms with Crippen molar-refractivity contribution in [1.82, 2.24) is 9.97 Å². The summed E-state index contributed by atoms with van der Waals surface area (Å²) in [6.45, 7) is 0. The summed E-state index contributed by atoms with van der Waals surface area (Å²) in [6, 6.07) is 0.146. The molecular weight excluding hydrogens is 234 g/mol. The number of hydrogen-bond donors (Lipinski definition) is 2. The van der Waals surface area contributed by atoms with Crippen LogP contribution in [0.25, 0.3) is 0 Å². The van der Waals surface area contributed by atoms with Gasteiger partial charge in [-0.15, -0.1) is 0 Å². The van der Waals surface area contributed by atoms with Crippen molar-refractivity contribution < 1.29 is 14.6 Å². The zero-order chi connectivity index (χ0) is 11.8. The maximum absolute atomic E-state index is 11.0.